The Morgan fingerprint density at radius 1 is 1.15 bits per heavy atom. The summed E-state index contributed by atoms with van der Waals surface area (Å²) in [5.74, 6) is 0.333. The Bertz CT molecular complexity index is 816. The van der Waals surface area contributed by atoms with Crippen LogP contribution in [0.5, 0.6) is 5.75 Å². The number of carbonyl (C=O) groups excluding carboxylic acids is 2. The minimum absolute atomic E-state index is 0.00615. The van der Waals surface area contributed by atoms with Crippen LogP contribution in [-0.4, -0.2) is 36.4 Å². The van der Waals surface area contributed by atoms with Crippen LogP contribution in [0.3, 0.4) is 0 Å². The van der Waals surface area contributed by atoms with Gasteiger partial charge in [-0.2, -0.15) is 0 Å². The summed E-state index contributed by atoms with van der Waals surface area (Å²) in [5.41, 5.74) is 2.03. The van der Waals surface area contributed by atoms with Gasteiger partial charge >= 0.3 is 0 Å². The van der Waals surface area contributed by atoms with Crippen molar-refractivity contribution in [1.82, 2.24) is 4.90 Å². The predicted molar refractivity (Wildman–Crippen MR) is 102 cm³/mol. The number of nitrogens with zero attached hydrogens (tertiary/aromatic N) is 1. The second kappa shape index (κ2) is 8.23. The number of nitrogens with one attached hydrogen (secondary N) is 1. The number of hydrogen-bond donors (Lipinski definition) is 1. The van der Waals surface area contributed by atoms with E-state index in [1.54, 1.807) is 42.5 Å². The van der Waals surface area contributed by atoms with E-state index in [0.717, 1.165) is 31.5 Å². The van der Waals surface area contributed by atoms with Gasteiger partial charge in [0.25, 0.3) is 11.8 Å². The highest BCUT2D eigenvalue weighted by Crippen LogP contribution is 2.22. The van der Waals surface area contributed by atoms with Crippen molar-refractivity contribution in [3.8, 4) is 5.75 Å². The second-order valence-electron chi connectivity index (χ2n) is 6.33. The normalized spacial score (nSPS) is 13.5. The number of halogens is 1. The predicted octanol–water partition coefficient (Wildman–Crippen LogP) is 3.90. The van der Waals surface area contributed by atoms with Gasteiger partial charge in [-0.15, -0.1) is 0 Å². The monoisotopic (exact) mass is 372 g/mol. The maximum Gasteiger partial charge on any atom is 0.262 e. The van der Waals surface area contributed by atoms with Gasteiger partial charge in [-0.25, -0.2) is 0 Å². The van der Waals surface area contributed by atoms with Gasteiger partial charge in [-0.1, -0.05) is 17.7 Å². The smallest absolute Gasteiger partial charge is 0.262 e. The fourth-order valence-corrected chi connectivity index (χ4v) is 3.17. The van der Waals surface area contributed by atoms with Crippen LogP contribution in [0.1, 0.15) is 28.8 Å². The lowest BCUT2D eigenvalue weighted by Gasteiger charge is -2.16. The SMILES string of the molecule is Cc1cc(Cl)ccc1OCC(=O)Nc1cccc(C(=O)N2CCCC2)c1. The van der Waals surface area contributed by atoms with Gasteiger partial charge in [0.15, 0.2) is 6.61 Å². The van der Waals surface area contributed by atoms with E-state index in [-0.39, 0.29) is 18.4 Å². The van der Waals surface area contributed by atoms with Gasteiger partial charge in [0.2, 0.25) is 0 Å². The highest BCUT2D eigenvalue weighted by Gasteiger charge is 2.19. The molecule has 1 heterocycles. The molecule has 136 valence electrons. The van der Waals surface area contributed by atoms with Crippen molar-refractivity contribution in [1.29, 1.82) is 0 Å². The summed E-state index contributed by atoms with van der Waals surface area (Å²) in [6.07, 6.45) is 2.09. The molecule has 0 unspecified atom stereocenters. The quantitative estimate of drug-likeness (QED) is 0.865. The maximum absolute atomic E-state index is 12.4. The van der Waals surface area contributed by atoms with Crippen molar-refractivity contribution in [2.45, 2.75) is 19.8 Å². The van der Waals surface area contributed by atoms with Crippen LogP contribution in [0.2, 0.25) is 5.02 Å². The highest BCUT2D eigenvalue weighted by atomic mass is 35.5. The highest BCUT2D eigenvalue weighted by molar-refractivity contribution is 6.30. The Labute approximate surface area is 157 Å². The Balaban J connectivity index is 1.58. The summed E-state index contributed by atoms with van der Waals surface area (Å²) in [6.45, 7) is 3.34. The Hall–Kier alpha value is -2.53. The van der Waals surface area contributed by atoms with Gasteiger partial charge in [0, 0.05) is 29.4 Å². The molecule has 2 aromatic rings. The van der Waals surface area contributed by atoms with E-state index in [2.05, 4.69) is 5.32 Å². The largest absolute Gasteiger partial charge is 0.483 e. The van der Waals surface area contributed by atoms with E-state index in [4.69, 9.17) is 16.3 Å². The van der Waals surface area contributed by atoms with Crippen molar-refractivity contribution in [3.63, 3.8) is 0 Å². The number of amides is 2. The third kappa shape index (κ3) is 4.55. The summed E-state index contributed by atoms with van der Waals surface area (Å²) in [6, 6.07) is 12.2. The molecule has 0 atom stereocenters. The zero-order valence-electron chi connectivity index (χ0n) is 14.6. The molecule has 26 heavy (non-hydrogen) atoms. The molecule has 1 aliphatic rings. The number of aryl methyl sites for hydroxylation is 1. The third-order valence-corrected chi connectivity index (χ3v) is 4.52. The number of carbonyl (C=O) groups is 2. The van der Waals surface area contributed by atoms with Gasteiger partial charge in [-0.3, -0.25) is 9.59 Å². The lowest BCUT2D eigenvalue weighted by Crippen LogP contribution is -2.27. The number of hydrogen-bond acceptors (Lipinski definition) is 3. The first kappa shape index (κ1) is 18.3. The fourth-order valence-electron chi connectivity index (χ4n) is 2.95. The second-order valence-corrected chi connectivity index (χ2v) is 6.76. The molecule has 0 saturated carbocycles. The summed E-state index contributed by atoms with van der Waals surface area (Å²) < 4.78 is 5.54. The molecule has 1 aliphatic heterocycles. The van der Waals surface area contributed by atoms with Gasteiger partial charge < -0.3 is 15.0 Å². The van der Waals surface area contributed by atoms with Crippen LogP contribution in [0, 0.1) is 6.92 Å². The number of benzene rings is 2. The standard InChI is InChI=1S/C20H21ClN2O3/c1-14-11-16(21)7-8-18(14)26-13-19(24)22-17-6-4-5-15(12-17)20(25)23-9-2-3-10-23/h4-8,11-12H,2-3,9-10,13H2,1H3,(H,22,24). The minimum atomic E-state index is -0.287. The zero-order chi connectivity index (χ0) is 18.5. The summed E-state index contributed by atoms with van der Waals surface area (Å²) in [5, 5.41) is 3.39. The number of rotatable bonds is 5. The first-order chi connectivity index (χ1) is 12.5. The minimum Gasteiger partial charge on any atom is -0.483 e. The molecule has 2 amide bonds. The van der Waals surface area contributed by atoms with E-state index in [1.165, 1.54) is 0 Å². The van der Waals surface area contributed by atoms with Crippen molar-refractivity contribution in [2.75, 3.05) is 25.0 Å². The lowest BCUT2D eigenvalue weighted by atomic mass is 10.1. The van der Waals surface area contributed by atoms with Gasteiger partial charge in [-0.05, 0) is 61.7 Å². The molecular weight excluding hydrogens is 352 g/mol. The van der Waals surface area contributed by atoms with Gasteiger partial charge in [0.05, 0.1) is 0 Å². The molecule has 3 rings (SSSR count). The number of likely N-dealkylation sites (tertiary alicyclic amines) is 1. The molecule has 0 radical (unpaired) electrons. The van der Waals surface area contributed by atoms with Gasteiger partial charge in [0.1, 0.15) is 5.75 Å². The summed E-state index contributed by atoms with van der Waals surface area (Å²) in [4.78, 5) is 26.4. The summed E-state index contributed by atoms with van der Waals surface area (Å²) >= 11 is 5.91. The molecule has 2 aromatic carbocycles. The number of anilines is 1. The van der Waals surface area contributed by atoms with E-state index >= 15 is 0 Å². The Morgan fingerprint density at radius 2 is 1.92 bits per heavy atom. The topological polar surface area (TPSA) is 58.6 Å². The Kier molecular flexibility index (Phi) is 5.78. The molecule has 6 heteroatoms. The Morgan fingerprint density at radius 3 is 2.65 bits per heavy atom. The van der Waals surface area contributed by atoms with E-state index < -0.39 is 0 Å². The average molecular weight is 373 g/mol. The van der Waals surface area contributed by atoms with Crippen LogP contribution in [0.15, 0.2) is 42.5 Å². The first-order valence-corrected chi connectivity index (χ1v) is 8.99. The van der Waals surface area contributed by atoms with Crippen LogP contribution < -0.4 is 10.1 Å². The van der Waals surface area contributed by atoms with E-state index in [9.17, 15) is 9.59 Å². The van der Waals surface area contributed by atoms with Crippen LogP contribution in [-0.2, 0) is 4.79 Å². The van der Waals surface area contributed by atoms with Crippen LogP contribution in [0.25, 0.3) is 0 Å². The molecule has 0 aliphatic carbocycles. The maximum atomic E-state index is 12.4. The van der Waals surface area contributed by atoms with E-state index in [1.807, 2.05) is 11.8 Å². The molecule has 0 aromatic heterocycles. The average Bonchev–Trinajstić information content (AvgIpc) is 3.15. The third-order valence-electron chi connectivity index (χ3n) is 4.28. The first-order valence-electron chi connectivity index (χ1n) is 8.61. The van der Waals surface area contributed by atoms with Crippen molar-refractivity contribution in [2.24, 2.45) is 0 Å². The molecule has 1 saturated heterocycles. The fraction of sp³-hybridized carbons (Fsp3) is 0.300. The zero-order valence-corrected chi connectivity index (χ0v) is 15.4. The van der Waals surface area contributed by atoms with Crippen molar-refractivity contribution in [3.05, 3.63) is 58.6 Å². The lowest BCUT2D eigenvalue weighted by molar-refractivity contribution is -0.118. The van der Waals surface area contributed by atoms with Crippen molar-refractivity contribution >= 4 is 29.1 Å². The molecule has 1 N–H and O–H groups in total. The van der Waals surface area contributed by atoms with Crippen LogP contribution in [0.4, 0.5) is 5.69 Å². The molecule has 0 bridgehead atoms. The molecule has 1 fully saturated rings. The molecular formula is C20H21ClN2O3. The summed E-state index contributed by atoms with van der Waals surface area (Å²) in [7, 11) is 0. The van der Waals surface area contributed by atoms with Crippen LogP contribution >= 0.6 is 11.6 Å². The molecule has 0 spiro atoms. The van der Waals surface area contributed by atoms with Crippen molar-refractivity contribution < 1.29 is 14.3 Å². The number of ether oxygens (including phenoxy) is 1. The molecule has 5 nitrogen and oxygen atoms in total. The van der Waals surface area contributed by atoms with E-state index in [0.29, 0.717) is 22.0 Å².